The summed E-state index contributed by atoms with van der Waals surface area (Å²) in [6.07, 6.45) is 18.6. The van der Waals surface area contributed by atoms with Crippen molar-refractivity contribution in [3.05, 3.63) is 34.2 Å². The first kappa shape index (κ1) is 14.6. The third-order valence-electron chi connectivity index (χ3n) is 7.72. The van der Waals surface area contributed by atoms with Crippen molar-refractivity contribution < 1.29 is 4.52 Å². The average molecular weight is 319 g/mol. The number of hydrogen-bond acceptors (Lipinski definition) is 2. The highest BCUT2D eigenvalue weighted by Gasteiger charge is 2.52. The van der Waals surface area contributed by atoms with Crippen molar-refractivity contribution in [1.82, 2.24) is 5.16 Å². The Labute approximate surface area is 144 Å². The molecule has 1 heterocycles. The Balaban J connectivity index is 1.56. The number of allylic oxidation sites excluding steroid dienone is 3. The van der Waals surface area contributed by atoms with E-state index in [-0.39, 0.29) is 10.8 Å². The van der Waals surface area contributed by atoms with Gasteiger partial charge in [0.25, 0.3) is 0 Å². The minimum atomic E-state index is 0.0333. The number of terminal acetylenes is 1. The Morgan fingerprint density at radius 2 is 2.12 bits per heavy atom. The first-order chi connectivity index (χ1) is 11.5. The maximum atomic E-state index is 5.91. The van der Waals surface area contributed by atoms with Crippen molar-refractivity contribution in [2.24, 2.45) is 22.7 Å². The van der Waals surface area contributed by atoms with Crippen LogP contribution in [0.4, 0.5) is 0 Å². The monoisotopic (exact) mass is 319 g/mol. The van der Waals surface area contributed by atoms with Crippen LogP contribution in [0.3, 0.4) is 0 Å². The molecule has 0 N–H and O–H groups in total. The Bertz CT molecular complexity index is 819. The van der Waals surface area contributed by atoms with Gasteiger partial charge in [-0.05, 0) is 75.2 Å². The van der Waals surface area contributed by atoms with Crippen LogP contribution in [0.15, 0.2) is 27.4 Å². The number of nitrogens with zero attached hydrogens (tertiary/aromatic N) is 1. The zero-order chi connectivity index (χ0) is 16.5. The van der Waals surface area contributed by atoms with Crippen LogP contribution in [-0.4, -0.2) is 5.16 Å². The summed E-state index contributed by atoms with van der Waals surface area (Å²) in [6, 6.07) is 0. The van der Waals surface area contributed by atoms with Gasteiger partial charge >= 0.3 is 0 Å². The van der Waals surface area contributed by atoms with E-state index in [4.69, 9.17) is 10.9 Å². The average Bonchev–Trinajstić information content (AvgIpc) is 3.17. The molecule has 0 spiro atoms. The van der Waals surface area contributed by atoms with Crippen LogP contribution >= 0.6 is 0 Å². The summed E-state index contributed by atoms with van der Waals surface area (Å²) in [5.41, 5.74) is 6.56. The SMILES string of the molecule is C#C[C@]1(C)CCC2=C1CC[C@H]1[C@H]2CCC2=Cc3oncc3C[C@@]21C. The molecule has 4 aliphatic rings. The third kappa shape index (κ3) is 1.71. The minimum Gasteiger partial charge on any atom is -0.357 e. The number of aromatic nitrogens is 1. The molecule has 24 heavy (non-hydrogen) atoms. The van der Waals surface area contributed by atoms with Crippen LogP contribution in [0.5, 0.6) is 0 Å². The van der Waals surface area contributed by atoms with Crippen LogP contribution in [0.25, 0.3) is 6.08 Å². The van der Waals surface area contributed by atoms with Crippen LogP contribution < -0.4 is 0 Å². The minimum absolute atomic E-state index is 0.0333. The van der Waals surface area contributed by atoms with Gasteiger partial charge in [-0.25, -0.2) is 0 Å². The van der Waals surface area contributed by atoms with Crippen molar-refractivity contribution in [2.75, 3.05) is 0 Å². The van der Waals surface area contributed by atoms with Crippen LogP contribution in [0.2, 0.25) is 0 Å². The summed E-state index contributed by atoms with van der Waals surface area (Å²) in [7, 11) is 0. The van der Waals surface area contributed by atoms with Gasteiger partial charge in [-0.3, -0.25) is 0 Å². The van der Waals surface area contributed by atoms with E-state index < -0.39 is 0 Å². The molecular weight excluding hydrogens is 294 g/mol. The number of rotatable bonds is 0. The van der Waals surface area contributed by atoms with E-state index in [1.807, 2.05) is 6.20 Å². The van der Waals surface area contributed by atoms with E-state index >= 15 is 0 Å². The second kappa shape index (κ2) is 4.66. The van der Waals surface area contributed by atoms with Gasteiger partial charge in [0.2, 0.25) is 0 Å². The van der Waals surface area contributed by atoms with Crippen molar-refractivity contribution in [1.29, 1.82) is 0 Å². The molecule has 2 nitrogen and oxygen atoms in total. The van der Waals surface area contributed by atoms with Gasteiger partial charge in [-0.15, -0.1) is 6.42 Å². The zero-order valence-electron chi connectivity index (χ0n) is 14.7. The van der Waals surface area contributed by atoms with Crippen LogP contribution in [0, 0.1) is 35.0 Å². The number of hydrogen-bond donors (Lipinski definition) is 0. The first-order valence-electron chi connectivity index (χ1n) is 9.40. The summed E-state index contributed by atoms with van der Waals surface area (Å²) in [5.74, 6) is 5.61. The van der Waals surface area contributed by atoms with Gasteiger partial charge in [-0.1, -0.05) is 34.7 Å². The van der Waals surface area contributed by atoms with Crippen molar-refractivity contribution in [3.63, 3.8) is 0 Å². The maximum Gasteiger partial charge on any atom is 0.162 e. The maximum absolute atomic E-state index is 5.91. The van der Waals surface area contributed by atoms with Gasteiger partial charge < -0.3 is 4.52 Å². The Morgan fingerprint density at radius 3 is 2.96 bits per heavy atom. The lowest BCUT2D eigenvalue weighted by Gasteiger charge is -2.52. The predicted molar refractivity (Wildman–Crippen MR) is 94.9 cm³/mol. The van der Waals surface area contributed by atoms with Gasteiger partial charge in [0, 0.05) is 11.0 Å². The van der Waals surface area contributed by atoms with Crippen molar-refractivity contribution in [2.45, 2.75) is 58.8 Å². The fraction of sp³-hybridized carbons (Fsp3) is 0.591. The highest BCUT2D eigenvalue weighted by atomic mass is 16.5. The summed E-state index contributed by atoms with van der Waals surface area (Å²) < 4.78 is 5.44. The summed E-state index contributed by atoms with van der Waals surface area (Å²) >= 11 is 0. The van der Waals surface area contributed by atoms with E-state index in [9.17, 15) is 0 Å². The highest BCUT2D eigenvalue weighted by Crippen LogP contribution is 2.62. The third-order valence-corrected chi connectivity index (χ3v) is 7.72. The normalized spacial score (nSPS) is 40.1. The molecule has 1 saturated carbocycles. The lowest BCUT2D eigenvalue weighted by molar-refractivity contribution is 0.111. The van der Waals surface area contributed by atoms with E-state index in [1.54, 1.807) is 16.7 Å². The molecule has 2 heteroatoms. The first-order valence-corrected chi connectivity index (χ1v) is 9.40. The molecule has 0 radical (unpaired) electrons. The Hall–Kier alpha value is -1.75. The van der Waals surface area contributed by atoms with Crippen LogP contribution in [0.1, 0.15) is 63.7 Å². The van der Waals surface area contributed by atoms with E-state index in [2.05, 4.69) is 31.0 Å². The quantitative estimate of drug-likeness (QED) is 0.487. The standard InChI is InChI=1S/C22H25NO/c1-4-21(2)10-9-17-16-6-5-15-11-20-14(13-23-24-20)12-22(15,3)19(16)8-7-18(17)21/h1,11,13,16,19H,5-10,12H2,2-3H3/t16-,19-,21+,22-/m0/s1. The highest BCUT2D eigenvalue weighted by molar-refractivity contribution is 5.58. The molecule has 0 aromatic carbocycles. The van der Waals surface area contributed by atoms with Crippen LogP contribution in [-0.2, 0) is 6.42 Å². The summed E-state index contributed by atoms with van der Waals surface area (Å²) in [5, 5.41) is 4.03. The molecule has 0 amide bonds. The van der Waals surface area contributed by atoms with E-state index in [0.29, 0.717) is 0 Å². The second-order valence-electron chi connectivity index (χ2n) is 8.75. The van der Waals surface area contributed by atoms with Crippen molar-refractivity contribution in [3.8, 4) is 12.3 Å². The summed E-state index contributed by atoms with van der Waals surface area (Å²) in [6.45, 7) is 4.78. The van der Waals surface area contributed by atoms with Gasteiger partial charge in [0.1, 0.15) is 0 Å². The van der Waals surface area contributed by atoms with E-state index in [0.717, 1.165) is 30.4 Å². The Morgan fingerprint density at radius 1 is 1.25 bits per heavy atom. The van der Waals surface area contributed by atoms with Gasteiger partial charge in [0.15, 0.2) is 5.76 Å². The molecule has 1 fully saturated rings. The number of fused-ring (bicyclic) bond motifs is 5. The molecule has 4 atom stereocenters. The smallest absolute Gasteiger partial charge is 0.162 e. The molecule has 0 aliphatic heterocycles. The molecule has 4 aliphatic carbocycles. The molecular formula is C22H25NO. The molecule has 1 aromatic heterocycles. The fourth-order valence-electron chi connectivity index (χ4n) is 6.32. The largest absolute Gasteiger partial charge is 0.357 e. The lowest BCUT2D eigenvalue weighted by Crippen LogP contribution is -2.44. The fourth-order valence-corrected chi connectivity index (χ4v) is 6.32. The molecule has 124 valence electrons. The molecule has 1 aromatic rings. The van der Waals surface area contributed by atoms with Crippen molar-refractivity contribution >= 4 is 6.08 Å². The molecule has 5 rings (SSSR count). The molecule has 0 saturated heterocycles. The topological polar surface area (TPSA) is 26.0 Å². The zero-order valence-corrected chi connectivity index (χ0v) is 14.7. The van der Waals surface area contributed by atoms with E-state index in [1.165, 1.54) is 37.7 Å². The Kier molecular flexibility index (Phi) is 2.83. The van der Waals surface area contributed by atoms with Gasteiger partial charge in [0.05, 0.1) is 6.20 Å². The van der Waals surface area contributed by atoms with Gasteiger partial charge in [-0.2, -0.15) is 0 Å². The predicted octanol–water partition coefficient (Wildman–Crippen LogP) is 5.17. The second-order valence-corrected chi connectivity index (χ2v) is 8.75. The summed E-state index contributed by atoms with van der Waals surface area (Å²) in [4.78, 5) is 0. The lowest BCUT2D eigenvalue weighted by atomic mass is 9.52. The molecule has 0 unspecified atom stereocenters. The molecule has 0 bridgehead atoms.